The fourth-order valence-corrected chi connectivity index (χ4v) is 3.03. The van der Waals surface area contributed by atoms with Gasteiger partial charge in [-0.15, -0.1) is 0 Å². The molecule has 1 unspecified atom stereocenters. The Bertz CT molecular complexity index is 763. The molecule has 4 heteroatoms. The fraction of sp³-hybridized carbons (Fsp3) is 0.235. The molecule has 0 amide bonds. The predicted molar refractivity (Wildman–Crippen MR) is 79.4 cm³/mol. The molecule has 1 atom stereocenters. The van der Waals surface area contributed by atoms with Crippen molar-refractivity contribution < 1.29 is 4.39 Å². The number of hydrogen-bond donors (Lipinski definition) is 0. The Morgan fingerprint density at radius 1 is 1.10 bits per heavy atom. The fourth-order valence-electron chi connectivity index (χ4n) is 3.03. The maximum atomic E-state index is 13.0. The highest BCUT2D eigenvalue weighted by atomic mass is 19.1. The van der Waals surface area contributed by atoms with Gasteiger partial charge < -0.3 is 0 Å². The van der Waals surface area contributed by atoms with E-state index in [9.17, 15) is 4.39 Å². The highest BCUT2D eigenvalue weighted by Crippen LogP contribution is 2.34. The van der Waals surface area contributed by atoms with Crippen molar-refractivity contribution in [1.82, 2.24) is 14.5 Å². The molecule has 21 heavy (non-hydrogen) atoms. The van der Waals surface area contributed by atoms with Crippen LogP contribution in [-0.4, -0.2) is 21.1 Å². The topological polar surface area (TPSA) is 20.5 Å². The first kappa shape index (κ1) is 12.5. The van der Waals surface area contributed by atoms with Crippen molar-refractivity contribution in [2.24, 2.45) is 0 Å². The summed E-state index contributed by atoms with van der Waals surface area (Å²) in [6.45, 7) is 1.93. The van der Waals surface area contributed by atoms with Gasteiger partial charge in [-0.1, -0.05) is 18.2 Å². The molecule has 0 spiro atoms. The number of rotatable bonds is 3. The van der Waals surface area contributed by atoms with E-state index in [2.05, 4.69) is 28.2 Å². The number of aromatic nitrogens is 2. The molecule has 1 aromatic carbocycles. The molecule has 3 nitrogen and oxygen atoms in total. The third-order valence-electron chi connectivity index (χ3n) is 4.25. The van der Waals surface area contributed by atoms with Crippen LogP contribution < -0.4 is 0 Å². The lowest BCUT2D eigenvalue weighted by Crippen LogP contribution is -2.40. The molecule has 1 fully saturated rings. The van der Waals surface area contributed by atoms with Crippen LogP contribution in [0.4, 0.5) is 4.39 Å². The van der Waals surface area contributed by atoms with Crippen LogP contribution in [0.1, 0.15) is 23.7 Å². The predicted octanol–water partition coefficient (Wildman–Crippen LogP) is 3.42. The summed E-state index contributed by atoms with van der Waals surface area (Å²) in [5.74, 6) is -0.175. The lowest BCUT2D eigenvalue weighted by atomic mass is 9.94. The Morgan fingerprint density at radius 2 is 1.95 bits per heavy atom. The number of nitrogens with zero attached hydrogens (tertiary/aromatic N) is 3. The quantitative estimate of drug-likeness (QED) is 0.733. The second-order valence-electron chi connectivity index (χ2n) is 5.51. The second-order valence-corrected chi connectivity index (χ2v) is 5.51. The number of pyridine rings is 1. The van der Waals surface area contributed by atoms with Crippen LogP contribution in [0, 0.1) is 5.82 Å². The first-order valence-corrected chi connectivity index (χ1v) is 7.22. The Kier molecular flexibility index (Phi) is 2.97. The molecule has 1 aliphatic heterocycles. The van der Waals surface area contributed by atoms with E-state index in [1.165, 1.54) is 11.3 Å². The SMILES string of the molecule is Fc1ccc(C2CCN2Cc2cccc3ccnn23)cc1. The molecule has 106 valence electrons. The van der Waals surface area contributed by atoms with E-state index >= 15 is 0 Å². The monoisotopic (exact) mass is 281 g/mol. The number of hydrogen-bond acceptors (Lipinski definition) is 2. The largest absolute Gasteiger partial charge is 0.290 e. The molecule has 3 aromatic rings. The van der Waals surface area contributed by atoms with Crippen LogP contribution in [0.5, 0.6) is 0 Å². The van der Waals surface area contributed by atoms with E-state index in [1.54, 1.807) is 12.1 Å². The van der Waals surface area contributed by atoms with Gasteiger partial charge in [-0.25, -0.2) is 8.91 Å². The number of likely N-dealkylation sites (tertiary alicyclic amines) is 1. The molecule has 3 heterocycles. The summed E-state index contributed by atoms with van der Waals surface area (Å²) in [5.41, 5.74) is 3.49. The molecule has 0 aliphatic carbocycles. The van der Waals surface area contributed by atoms with Crippen LogP contribution in [-0.2, 0) is 6.54 Å². The van der Waals surface area contributed by atoms with Crippen LogP contribution in [0.25, 0.3) is 5.52 Å². The molecule has 1 aliphatic rings. The summed E-state index contributed by atoms with van der Waals surface area (Å²) in [7, 11) is 0. The van der Waals surface area contributed by atoms with Gasteiger partial charge in [0.25, 0.3) is 0 Å². The van der Waals surface area contributed by atoms with Crippen LogP contribution in [0.3, 0.4) is 0 Å². The van der Waals surface area contributed by atoms with E-state index in [0.29, 0.717) is 6.04 Å². The van der Waals surface area contributed by atoms with E-state index in [1.807, 2.05) is 28.9 Å². The molecule has 0 saturated carbocycles. The standard InChI is InChI=1S/C17H16FN3/c18-14-6-4-13(5-7-14)17-9-11-20(17)12-16-3-1-2-15-8-10-19-21(15)16/h1-8,10,17H,9,11-12H2. The van der Waals surface area contributed by atoms with Gasteiger partial charge in [-0.3, -0.25) is 4.90 Å². The van der Waals surface area contributed by atoms with Gasteiger partial charge in [0.15, 0.2) is 0 Å². The van der Waals surface area contributed by atoms with Gasteiger partial charge in [-0.2, -0.15) is 5.10 Å². The summed E-state index contributed by atoms with van der Waals surface area (Å²) in [4.78, 5) is 2.41. The average molecular weight is 281 g/mol. The normalized spacial score (nSPS) is 18.8. The summed E-state index contributed by atoms with van der Waals surface area (Å²) in [6.07, 6.45) is 2.95. The second kappa shape index (κ2) is 4.97. The minimum Gasteiger partial charge on any atom is -0.290 e. The minimum absolute atomic E-state index is 0.175. The summed E-state index contributed by atoms with van der Waals surface area (Å²) in [5, 5.41) is 4.38. The van der Waals surface area contributed by atoms with Crippen molar-refractivity contribution in [2.75, 3.05) is 6.54 Å². The van der Waals surface area contributed by atoms with Crippen molar-refractivity contribution in [3.8, 4) is 0 Å². The van der Waals surface area contributed by atoms with Gasteiger partial charge in [0.2, 0.25) is 0 Å². The Balaban J connectivity index is 1.57. The zero-order valence-electron chi connectivity index (χ0n) is 11.6. The third kappa shape index (κ3) is 2.21. The Hall–Kier alpha value is -2.20. The van der Waals surface area contributed by atoms with Gasteiger partial charge in [0.05, 0.1) is 11.2 Å². The van der Waals surface area contributed by atoms with E-state index in [4.69, 9.17) is 0 Å². The molecule has 0 radical (unpaired) electrons. The number of benzene rings is 1. The molecule has 2 aromatic heterocycles. The van der Waals surface area contributed by atoms with E-state index in [-0.39, 0.29) is 5.82 Å². The zero-order chi connectivity index (χ0) is 14.2. The van der Waals surface area contributed by atoms with Crippen molar-refractivity contribution in [3.05, 3.63) is 71.8 Å². The van der Waals surface area contributed by atoms with E-state index < -0.39 is 0 Å². The summed E-state index contributed by atoms with van der Waals surface area (Å²) in [6, 6.07) is 15.5. The molecule has 0 bridgehead atoms. The lowest BCUT2D eigenvalue weighted by molar-refractivity contribution is 0.0796. The molecule has 1 saturated heterocycles. The molecular formula is C17H16FN3. The van der Waals surface area contributed by atoms with Crippen LogP contribution in [0.15, 0.2) is 54.7 Å². The van der Waals surface area contributed by atoms with Crippen LogP contribution >= 0.6 is 0 Å². The van der Waals surface area contributed by atoms with Crippen LogP contribution in [0.2, 0.25) is 0 Å². The number of fused-ring (bicyclic) bond motifs is 1. The Morgan fingerprint density at radius 3 is 2.71 bits per heavy atom. The Labute approximate surface area is 122 Å². The minimum atomic E-state index is -0.175. The van der Waals surface area contributed by atoms with Gasteiger partial charge in [0, 0.05) is 25.3 Å². The third-order valence-corrected chi connectivity index (χ3v) is 4.25. The molecule has 0 N–H and O–H groups in total. The maximum Gasteiger partial charge on any atom is 0.123 e. The van der Waals surface area contributed by atoms with Gasteiger partial charge >= 0.3 is 0 Å². The van der Waals surface area contributed by atoms with Crippen molar-refractivity contribution in [1.29, 1.82) is 0 Å². The van der Waals surface area contributed by atoms with E-state index in [0.717, 1.165) is 25.0 Å². The number of halogens is 1. The van der Waals surface area contributed by atoms with Crippen molar-refractivity contribution >= 4 is 5.52 Å². The smallest absolute Gasteiger partial charge is 0.123 e. The van der Waals surface area contributed by atoms with Crippen molar-refractivity contribution in [3.63, 3.8) is 0 Å². The maximum absolute atomic E-state index is 13.0. The summed E-state index contributed by atoms with van der Waals surface area (Å²) < 4.78 is 15.0. The van der Waals surface area contributed by atoms with Crippen molar-refractivity contribution in [2.45, 2.75) is 19.0 Å². The average Bonchev–Trinajstić information content (AvgIpc) is 2.95. The zero-order valence-corrected chi connectivity index (χ0v) is 11.6. The first-order valence-electron chi connectivity index (χ1n) is 7.22. The highest BCUT2D eigenvalue weighted by molar-refractivity contribution is 5.46. The van der Waals surface area contributed by atoms with Gasteiger partial charge in [-0.05, 0) is 42.3 Å². The molecular weight excluding hydrogens is 265 g/mol. The summed E-state index contributed by atoms with van der Waals surface area (Å²) >= 11 is 0. The lowest BCUT2D eigenvalue weighted by Gasteiger charge is -2.41. The van der Waals surface area contributed by atoms with Gasteiger partial charge in [0.1, 0.15) is 5.82 Å². The first-order chi connectivity index (χ1) is 10.3. The molecule has 4 rings (SSSR count). The highest BCUT2D eigenvalue weighted by Gasteiger charge is 2.29.